The molecular weight excluding hydrogens is 1100 g/mol. The molecule has 0 heterocycles. The van der Waals surface area contributed by atoms with Crippen molar-refractivity contribution in [2.75, 3.05) is 43.7 Å². The third-order valence-corrected chi connectivity index (χ3v) is 20.1. The van der Waals surface area contributed by atoms with Crippen molar-refractivity contribution in [3.63, 3.8) is 0 Å². The van der Waals surface area contributed by atoms with Crippen LogP contribution in [0.4, 0.5) is 0 Å². The number of carbonyl (C=O) groups excluding carboxylic acids is 2. The maximum Gasteiger partial charge on any atom is 0.322 e. The van der Waals surface area contributed by atoms with Crippen molar-refractivity contribution < 1.29 is 39.2 Å². The van der Waals surface area contributed by atoms with E-state index in [1.165, 1.54) is 215 Å². The van der Waals surface area contributed by atoms with Crippen molar-refractivity contribution in [3.05, 3.63) is 0 Å². The molecule has 0 aromatic carbocycles. The maximum absolute atomic E-state index is 12.7. The highest BCUT2D eigenvalue weighted by molar-refractivity contribution is 8.48. The number of hydrogen-bond acceptors (Lipinski definition) is 16. The number of aliphatic hydroxyl groups excluding tert-OH is 2. The molecule has 0 atom stereocenters. The minimum Gasteiger partial charge on any atom is -0.480 e. The number of carboxylic acid groups (broad SMARTS) is 1. The molecule has 0 aliphatic carbocycles. The van der Waals surface area contributed by atoms with Crippen LogP contribution in [0.2, 0.25) is 0 Å². The summed E-state index contributed by atoms with van der Waals surface area (Å²) in [6.07, 6.45) is 40.7. The largest absolute Gasteiger partial charge is 0.480 e. The smallest absolute Gasteiger partial charge is 0.322 e. The topological polar surface area (TPSA) is 130 Å². The Morgan fingerprint density at radius 1 is 0.365 bits per heavy atom. The molecule has 0 saturated heterocycles. The Labute approximate surface area is 496 Å². The number of aliphatic carboxylic acids is 1. The van der Waals surface area contributed by atoms with E-state index >= 15 is 0 Å². The normalized spacial score (nSPS) is 11.6. The number of hydrogen-bond donors (Lipinski definition) is 3. The van der Waals surface area contributed by atoms with Gasteiger partial charge in [-0.25, -0.2) is 0 Å². The van der Waals surface area contributed by atoms with Crippen molar-refractivity contribution in [1.29, 1.82) is 0 Å². The molecule has 0 aliphatic rings. The maximum atomic E-state index is 12.7. The fourth-order valence-electron chi connectivity index (χ4n) is 6.88. The minimum atomic E-state index is -0.818. The van der Waals surface area contributed by atoms with Crippen LogP contribution in [0.15, 0.2) is 0 Å². The molecule has 0 spiro atoms. The lowest BCUT2D eigenvalue weighted by atomic mass is 10.1. The number of aliphatic hydroxyl groups is 2. The van der Waals surface area contributed by atoms with Crippen LogP contribution in [-0.2, 0) is 23.9 Å². The van der Waals surface area contributed by atoms with Gasteiger partial charge in [0.1, 0.15) is 24.8 Å². The number of rotatable bonds is 45. The number of unbranched alkanes of at least 4 members (excludes halogenated alkanes) is 27. The van der Waals surface area contributed by atoms with Crippen LogP contribution in [0.25, 0.3) is 0 Å². The Hall–Kier alpha value is 0.700. The molecule has 8 nitrogen and oxygen atoms in total. The predicted octanol–water partition coefficient (Wildman–Crippen LogP) is 19.2. The first-order valence-corrected chi connectivity index (χ1v) is 35.3. The molecule has 74 heavy (non-hydrogen) atoms. The number of thioether (sulfide) groups is 6. The van der Waals surface area contributed by atoms with Crippen LogP contribution >= 0.6 is 107 Å². The lowest BCUT2D eigenvalue weighted by Crippen LogP contribution is -2.32. The van der Waals surface area contributed by atoms with E-state index in [9.17, 15) is 14.4 Å². The highest BCUT2D eigenvalue weighted by Gasteiger charge is 2.33. The van der Waals surface area contributed by atoms with E-state index in [-0.39, 0.29) is 38.4 Å². The Morgan fingerprint density at radius 3 is 0.811 bits per heavy atom. The third kappa shape index (κ3) is 54.6. The van der Waals surface area contributed by atoms with Gasteiger partial charge in [-0.05, 0) is 84.5 Å². The number of thiocarbonyl (C=S) groups is 3. The monoisotopic (exact) mass is 1210 g/mol. The van der Waals surface area contributed by atoms with Crippen LogP contribution in [0.1, 0.15) is 268 Å². The summed E-state index contributed by atoms with van der Waals surface area (Å²) < 4.78 is 11.0. The molecule has 0 amide bonds. The van der Waals surface area contributed by atoms with Gasteiger partial charge in [-0.15, -0.1) is 35.3 Å². The Kier molecular flexibility index (Phi) is 59.3. The molecular formula is C57H108O8S9. The summed E-state index contributed by atoms with van der Waals surface area (Å²) in [6, 6.07) is 0. The van der Waals surface area contributed by atoms with E-state index in [1.54, 1.807) is 49.1 Å². The summed E-state index contributed by atoms with van der Waals surface area (Å²) in [5.74, 6) is 1.61. The molecule has 0 bridgehead atoms. The molecule has 0 rings (SSSR count). The van der Waals surface area contributed by atoms with Gasteiger partial charge < -0.3 is 24.8 Å². The predicted molar refractivity (Wildman–Crippen MR) is 349 cm³/mol. The molecule has 0 radical (unpaired) electrons. The summed E-state index contributed by atoms with van der Waals surface area (Å²) in [6.45, 7) is 18.2. The summed E-state index contributed by atoms with van der Waals surface area (Å²) in [5, 5.41) is 24.9. The molecule has 0 unspecified atom stereocenters. The molecule has 0 aromatic rings. The highest BCUT2D eigenvalue weighted by Crippen LogP contribution is 2.35. The second kappa shape index (κ2) is 55.6. The summed E-state index contributed by atoms with van der Waals surface area (Å²) in [5.41, 5.74) is 0. The van der Waals surface area contributed by atoms with Crippen molar-refractivity contribution in [2.45, 2.75) is 282 Å². The van der Waals surface area contributed by atoms with Gasteiger partial charge in [-0.2, -0.15) is 0 Å². The second-order valence-electron chi connectivity index (χ2n) is 20.4. The van der Waals surface area contributed by atoms with Gasteiger partial charge in [0.25, 0.3) is 0 Å². The molecule has 0 aliphatic heterocycles. The molecule has 17 heteroatoms. The Morgan fingerprint density at radius 2 is 0.595 bits per heavy atom. The van der Waals surface area contributed by atoms with Gasteiger partial charge in [0.2, 0.25) is 0 Å². The number of carbonyl (C=O) groups is 3. The second-order valence-corrected chi connectivity index (χ2v) is 32.2. The zero-order valence-electron chi connectivity index (χ0n) is 48.1. The van der Waals surface area contributed by atoms with Crippen molar-refractivity contribution >= 4 is 136 Å². The average molecular weight is 1210 g/mol. The number of ether oxygens (including phenoxy) is 2. The lowest BCUT2D eigenvalue weighted by molar-refractivity contribution is -0.148. The number of carboxylic acids is 1. The van der Waals surface area contributed by atoms with Gasteiger partial charge in [-0.1, -0.05) is 266 Å². The molecule has 0 fully saturated rings. The summed E-state index contributed by atoms with van der Waals surface area (Å²) in [4.78, 5) is 36.5. The molecule has 0 saturated carbocycles. The van der Waals surface area contributed by atoms with Crippen LogP contribution in [0.3, 0.4) is 0 Å². The van der Waals surface area contributed by atoms with Gasteiger partial charge in [0.05, 0.1) is 13.2 Å². The Balaban J connectivity index is -0.00000154. The van der Waals surface area contributed by atoms with E-state index in [2.05, 4.69) is 20.8 Å². The fraction of sp³-hybridized carbons (Fsp3) is 0.895. The first-order valence-electron chi connectivity index (χ1n) is 28.6. The first kappa shape index (κ1) is 78.9. The highest BCUT2D eigenvalue weighted by atomic mass is 32.2. The lowest BCUT2D eigenvalue weighted by Gasteiger charge is -2.23. The van der Waals surface area contributed by atoms with Crippen LogP contribution in [0, 0.1) is 0 Å². The molecule has 3 N–H and O–H groups in total. The SMILES string of the molecule is CCCCCCCCCCCCSC(=S)SC(C)(C)C(=O)O.CCCCCCCCCCCCSC(=S)SC(C)(C)C(=O)OCCCOC(=O)C(C)(C)SC(=S)SCCCCCCCCCCCC.OCCCO. The molecule has 438 valence electrons. The number of esters is 2. The van der Waals surface area contributed by atoms with Gasteiger partial charge in [0.15, 0.2) is 0 Å². The van der Waals surface area contributed by atoms with Crippen LogP contribution in [0.5, 0.6) is 0 Å². The average Bonchev–Trinajstić information content (AvgIpc) is 3.34. The zero-order valence-corrected chi connectivity index (χ0v) is 55.5. The summed E-state index contributed by atoms with van der Waals surface area (Å²) in [7, 11) is 0. The van der Waals surface area contributed by atoms with E-state index in [4.69, 9.17) is 61.4 Å². The minimum absolute atomic E-state index is 0.0938. The zero-order chi connectivity index (χ0) is 56.2. The van der Waals surface area contributed by atoms with Gasteiger partial charge in [-0.3, -0.25) is 14.4 Å². The quantitative estimate of drug-likeness (QED) is 0.0303. The van der Waals surface area contributed by atoms with E-state index in [0.29, 0.717) is 12.8 Å². The summed E-state index contributed by atoms with van der Waals surface area (Å²) >= 11 is 25.4. The fourth-order valence-corrected chi connectivity index (χ4v) is 16.0. The van der Waals surface area contributed by atoms with E-state index in [1.807, 2.05) is 27.7 Å². The standard InChI is InChI=1S/C37H68O4S6.C17H32O2S3.C3H8O2/c1-7-9-11-13-15-17-19-21-23-25-30-44-34(42)46-36(3,4)32(38)40-28-27-29-41-33(39)37(5,6)47-35(43)45-31-26-24-22-20-18-16-14-12-10-8-2;1-4-5-6-7-8-9-10-11-12-13-14-21-16(20)22-17(2,3)15(18)19;4-2-1-3-5/h7-31H2,1-6H3;4-14H2,1-3H3,(H,18,19);4-5H,1-3H2. The molecule has 0 aromatic heterocycles. The Bertz CT molecular complexity index is 1320. The van der Waals surface area contributed by atoms with Gasteiger partial charge >= 0.3 is 17.9 Å². The van der Waals surface area contributed by atoms with Crippen molar-refractivity contribution in [1.82, 2.24) is 0 Å². The third-order valence-electron chi connectivity index (χ3n) is 11.7. The van der Waals surface area contributed by atoms with E-state index in [0.717, 1.165) is 40.7 Å². The van der Waals surface area contributed by atoms with Crippen molar-refractivity contribution in [3.8, 4) is 0 Å². The first-order chi connectivity index (χ1) is 35.3. The van der Waals surface area contributed by atoms with E-state index < -0.39 is 20.2 Å². The van der Waals surface area contributed by atoms with Gasteiger partial charge in [0, 0.05) is 19.6 Å². The van der Waals surface area contributed by atoms with Crippen LogP contribution < -0.4 is 0 Å². The van der Waals surface area contributed by atoms with Crippen molar-refractivity contribution in [2.24, 2.45) is 0 Å². The van der Waals surface area contributed by atoms with Crippen LogP contribution in [-0.4, -0.2) is 102 Å².